The summed E-state index contributed by atoms with van der Waals surface area (Å²) in [5, 5.41) is 9.19. The molecule has 3 heterocycles. The Morgan fingerprint density at radius 3 is 2.71 bits per heavy atom. The monoisotopic (exact) mass is 232 g/mol. The highest BCUT2D eigenvalue weighted by Gasteiger charge is 2.43. The van der Waals surface area contributed by atoms with E-state index in [0.29, 0.717) is 12.0 Å². The van der Waals surface area contributed by atoms with Crippen molar-refractivity contribution in [2.24, 2.45) is 11.8 Å². The molecule has 3 unspecified atom stereocenters. The van der Waals surface area contributed by atoms with Crippen LogP contribution in [0.5, 0.6) is 0 Å². The molecule has 2 saturated heterocycles. The number of aliphatic carboxylic acids is 1. The minimum Gasteiger partial charge on any atom is -0.481 e. The van der Waals surface area contributed by atoms with Gasteiger partial charge in [0.15, 0.2) is 0 Å². The molecule has 90 valence electrons. The topological polar surface area (TPSA) is 53.4 Å². The molecule has 0 aromatic carbocycles. The number of piperidine rings is 2. The summed E-state index contributed by atoms with van der Waals surface area (Å²) >= 11 is 0. The molecular weight excluding hydrogens is 216 g/mol. The number of carbonyl (C=O) groups is 1. The Labute approximate surface area is 100 Å². The van der Waals surface area contributed by atoms with Crippen LogP contribution in [-0.4, -0.2) is 28.6 Å². The highest BCUT2D eigenvalue weighted by molar-refractivity contribution is 5.71. The third-order valence-electron chi connectivity index (χ3n) is 4.15. The predicted molar refractivity (Wildman–Crippen MR) is 63.8 cm³/mol. The molecule has 1 aliphatic carbocycles. The summed E-state index contributed by atoms with van der Waals surface area (Å²) in [5.41, 5.74) is 1.18. The summed E-state index contributed by atoms with van der Waals surface area (Å²) in [4.78, 5) is 17.5. The van der Waals surface area contributed by atoms with Gasteiger partial charge in [-0.05, 0) is 37.3 Å². The number of aromatic nitrogens is 1. The fourth-order valence-electron chi connectivity index (χ4n) is 3.27. The van der Waals surface area contributed by atoms with Crippen LogP contribution >= 0.6 is 0 Å². The van der Waals surface area contributed by atoms with E-state index in [2.05, 4.69) is 9.88 Å². The molecule has 1 aromatic heterocycles. The number of hydrogen-bond acceptors (Lipinski definition) is 3. The van der Waals surface area contributed by atoms with E-state index >= 15 is 0 Å². The van der Waals surface area contributed by atoms with Gasteiger partial charge in [-0.3, -0.25) is 9.78 Å². The van der Waals surface area contributed by atoms with Gasteiger partial charge < -0.3 is 10.0 Å². The van der Waals surface area contributed by atoms with Crippen LogP contribution in [-0.2, 0) is 4.79 Å². The third kappa shape index (κ3) is 1.77. The maximum atomic E-state index is 11.2. The first-order chi connectivity index (χ1) is 8.25. The lowest BCUT2D eigenvalue weighted by Crippen LogP contribution is -2.53. The Morgan fingerprint density at radius 1 is 1.35 bits per heavy atom. The van der Waals surface area contributed by atoms with Gasteiger partial charge >= 0.3 is 5.97 Å². The zero-order valence-electron chi connectivity index (χ0n) is 9.62. The molecule has 0 radical (unpaired) electrons. The quantitative estimate of drug-likeness (QED) is 0.844. The number of pyridine rings is 1. The molecule has 17 heavy (non-hydrogen) atoms. The van der Waals surface area contributed by atoms with E-state index in [-0.39, 0.29) is 5.92 Å². The molecule has 4 rings (SSSR count). The Morgan fingerprint density at radius 2 is 2.12 bits per heavy atom. The summed E-state index contributed by atoms with van der Waals surface area (Å²) in [7, 11) is 0. The molecule has 0 amide bonds. The van der Waals surface area contributed by atoms with Crippen molar-refractivity contribution in [1.82, 2.24) is 4.98 Å². The van der Waals surface area contributed by atoms with Crippen LogP contribution in [0, 0.1) is 11.8 Å². The predicted octanol–water partition coefficient (Wildman–Crippen LogP) is 1.77. The zero-order chi connectivity index (χ0) is 11.8. The van der Waals surface area contributed by atoms with Gasteiger partial charge in [0.25, 0.3) is 0 Å². The average Bonchev–Trinajstić information content (AvgIpc) is 2.40. The Kier molecular flexibility index (Phi) is 2.50. The third-order valence-corrected chi connectivity index (χ3v) is 4.15. The van der Waals surface area contributed by atoms with Crippen molar-refractivity contribution in [2.75, 3.05) is 11.4 Å². The summed E-state index contributed by atoms with van der Waals surface area (Å²) in [6.45, 7) is 0.881. The van der Waals surface area contributed by atoms with Crippen LogP contribution in [0.25, 0.3) is 0 Å². The highest BCUT2D eigenvalue weighted by Crippen LogP contribution is 2.41. The van der Waals surface area contributed by atoms with Crippen LogP contribution in [0.2, 0.25) is 0 Å². The Balaban J connectivity index is 1.82. The van der Waals surface area contributed by atoms with Crippen LogP contribution in [0.4, 0.5) is 5.69 Å². The number of rotatable bonds is 2. The fourth-order valence-corrected chi connectivity index (χ4v) is 3.27. The van der Waals surface area contributed by atoms with Crippen molar-refractivity contribution in [2.45, 2.75) is 25.3 Å². The molecule has 4 nitrogen and oxygen atoms in total. The van der Waals surface area contributed by atoms with E-state index in [1.54, 1.807) is 12.4 Å². The maximum Gasteiger partial charge on any atom is 0.306 e. The van der Waals surface area contributed by atoms with E-state index < -0.39 is 5.97 Å². The van der Waals surface area contributed by atoms with E-state index in [4.69, 9.17) is 0 Å². The van der Waals surface area contributed by atoms with Gasteiger partial charge in [-0.15, -0.1) is 0 Å². The van der Waals surface area contributed by atoms with E-state index in [1.807, 2.05) is 12.1 Å². The van der Waals surface area contributed by atoms with E-state index in [9.17, 15) is 9.90 Å². The molecule has 3 fully saturated rings. The lowest BCUT2D eigenvalue weighted by molar-refractivity contribution is -0.145. The Hall–Kier alpha value is -1.58. The van der Waals surface area contributed by atoms with Crippen molar-refractivity contribution in [3.8, 4) is 0 Å². The lowest BCUT2D eigenvalue weighted by Gasteiger charge is -2.49. The first kappa shape index (κ1) is 10.6. The molecule has 2 aliphatic heterocycles. The molecule has 4 heteroatoms. The van der Waals surface area contributed by atoms with Gasteiger partial charge in [0.2, 0.25) is 0 Å². The van der Waals surface area contributed by atoms with Crippen LogP contribution < -0.4 is 4.90 Å². The number of carboxylic acid groups (broad SMARTS) is 1. The molecule has 3 aliphatic rings. The van der Waals surface area contributed by atoms with Crippen molar-refractivity contribution in [1.29, 1.82) is 0 Å². The summed E-state index contributed by atoms with van der Waals surface area (Å²) in [5.74, 6) is -0.438. The standard InChI is InChI=1S/C13H16N2O2/c16-13(17)12-7-11-2-1-9(12)8-15(11)10-3-5-14-6-4-10/h3-6,9,11-12H,1-2,7-8H2,(H,16,17). The second kappa shape index (κ2) is 4.02. The summed E-state index contributed by atoms with van der Waals surface area (Å²) in [6.07, 6.45) is 6.57. The number of carboxylic acids is 1. The largest absolute Gasteiger partial charge is 0.481 e. The minimum atomic E-state index is -0.617. The lowest BCUT2D eigenvalue weighted by atomic mass is 9.72. The van der Waals surface area contributed by atoms with Crippen LogP contribution in [0.15, 0.2) is 24.5 Å². The van der Waals surface area contributed by atoms with Gasteiger partial charge in [-0.25, -0.2) is 0 Å². The van der Waals surface area contributed by atoms with Crippen molar-refractivity contribution >= 4 is 11.7 Å². The number of fused-ring (bicyclic) bond motifs is 3. The number of hydrogen-bond donors (Lipinski definition) is 1. The fraction of sp³-hybridized carbons (Fsp3) is 0.538. The van der Waals surface area contributed by atoms with Crippen LogP contribution in [0.1, 0.15) is 19.3 Å². The van der Waals surface area contributed by atoms with Crippen LogP contribution in [0.3, 0.4) is 0 Å². The summed E-state index contributed by atoms with van der Waals surface area (Å²) in [6, 6.07) is 4.41. The molecule has 1 aromatic rings. The minimum absolute atomic E-state index is 0.133. The van der Waals surface area contributed by atoms with Crippen molar-refractivity contribution < 1.29 is 9.90 Å². The van der Waals surface area contributed by atoms with Gasteiger partial charge in [0.1, 0.15) is 0 Å². The molecule has 3 atom stereocenters. The first-order valence-electron chi connectivity index (χ1n) is 6.15. The van der Waals surface area contributed by atoms with E-state index in [0.717, 1.165) is 25.8 Å². The zero-order valence-corrected chi connectivity index (χ0v) is 9.62. The van der Waals surface area contributed by atoms with Crippen molar-refractivity contribution in [3.63, 3.8) is 0 Å². The van der Waals surface area contributed by atoms with E-state index in [1.165, 1.54) is 5.69 Å². The van der Waals surface area contributed by atoms with Gasteiger partial charge in [0, 0.05) is 30.7 Å². The molecule has 0 spiro atoms. The first-order valence-corrected chi connectivity index (χ1v) is 6.15. The second-order valence-electron chi connectivity index (χ2n) is 5.03. The van der Waals surface area contributed by atoms with Gasteiger partial charge in [-0.2, -0.15) is 0 Å². The van der Waals surface area contributed by atoms with Gasteiger partial charge in [0.05, 0.1) is 5.92 Å². The number of anilines is 1. The second-order valence-corrected chi connectivity index (χ2v) is 5.03. The van der Waals surface area contributed by atoms with Crippen molar-refractivity contribution in [3.05, 3.63) is 24.5 Å². The molecule has 1 N–H and O–H groups in total. The molecular formula is C13H16N2O2. The average molecular weight is 232 g/mol. The molecule has 2 bridgehead atoms. The SMILES string of the molecule is O=C(O)C1CC2CCC1CN2c1ccncc1. The number of nitrogens with zero attached hydrogens (tertiary/aromatic N) is 2. The van der Waals surface area contributed by atoms with Gasteiger partial charge in [-0.1, -0.05) is 0 Å². The summed E-state index contributed by atoms with van der Waals surface area (Å²) < 4.78 is 0. The highest BCUT2D eigenvalue weighted by atomic mass is 16.4. The molecule has 1 saturated carbocycles. The Bertz CT molecular complexity index is 421. The maximum absolute atomic E-state index is 11.2. The smallest absolute Gasteiger partial charge is 0.306 e. The normalized spacial score (nSPS) is 31.5.